The molecule has 2 amide bonds. The molecular formula is C32H30Cl2N2O3. The van der Waals surface area contributed by atoms with Crippen molar-refractivity contribution in [1.29, 1.82) is 0 Å². The average molecular weight is 562 g/mol. The summed E-state index contributed by atoms with van der Waals surface area (Å²) in [7, 11) is 1.61. The number of benzene rings is 4. The van der Waals surface area contributed by atoms with Crippen molar-refractivity contribution in [1.82, 2.24) is 10.2 Å². The van der Waals surface area contributed by atoms with Crippen LogP contribution in [-0.2, 0) is 35.5 Å². The maximum Gasteiger partial charge on any atom is 0.243 e. The maximum atomic E-state index is 13.8. The number of hydrogen-bond donors (Lipinski definition) is 1. The Balaban J connectivity index is 1.64. The summed E-state index contributed by atoms with van der Waals surface area (Å²) in [5.74, 6) is 0.335. The van der Waals surface area contributed by atoms with Gasteiger partial charge in [-0.15, -0.1) is 0 Å². The molecule has 0 fully saturated rings. The number of ether oxygens (including phenoxy) is 1. The monoisotopic (exact) mass is 560 g/mol. The Morgan fingerprint density at radius 1 is 0.744 bits per heavy atom. The van der Waals surface area contributed by atoms with Crippen LogP contribution in [0.2, 0.25) is 10.0 Å². The molecule has 4 rings (SSSR count). The van der Waals surface area contributed by atoms with Crippen molar-refractivity contribution in [2.24, 2.45) is 0 Å². The molecule has 0 aliphatic carbocycles. The number of rotatable bonds is 11. The number of carbonyl (C=O) groups excluding carboxylic acids is 2. The van der Waals surface area contributed by atoms with Crippen LogP contribution in [0.25, 0.3) is 0 Å². The highest BCUT2D eigenvalue weighted by Gasteiger charge is 2.30. The van der Waals surface area contributed by atoms with Crippen molar-refractivity contribution >= 4 is 35.0 Å². The van der Waals surface area contributed by atoms with Crippen molar-refractivity contribution in [3.63, 3.8) is 0 Å². The SMILES string of the molecule is COc1ccc(CN(C(=O)Cc2ccc(Cl)cc2)[C@@H](Cc2ccccc2)C(=O)NCc2ccc(Cl)cc2)cc1. The number of nitrogens with zero attached hydrogens (tertiary/aromatic N) is 1. The summed E-state index contributed by atoms with van der Waals surface area (Å²) in [6.45, 7) is 0.589. The second-order valence-corrected chi connectivity index (χ2v) is 10.1. The fourth-order valence-electron chi connectivity index (χ4n) is 4.27. The first-order chi connectivity index (χ1) is 18.9. The lowest BCUT2D eigenvalue weighted by molar-refractivity contribution is -0.140. The lowest BCUT2D eigenvalue weighted by atomic mass is 10.0. The standard InChI is InChI=1S/C32H30Cl2N2O3/c1-39-29-17-11-26(12-18-29)22-36(31(37)20-24-7-13-27(33)14-8-24)30(19-23-5-3-2-4-6-23)32(38)35-21-25-9-15-28(34)16-10-25/h2-18,30H,19-22H2,1H3,(H,35,38)/t30-/m0/s1. The van der Waals surface area contributed by atoms with Gasteiger partial charge in [-0.1, -0.05) is 89.9 Å². The highest BCUT2D eigenvalue weighted by Crippen LogP contribution is 2.20. The molecule has 0 heterocycles. The van der Waals surface area contributed by atoms with Crippen LogP contribution in [0, 0.1) is 0 Å². The summed E-state index contributed by atoms with van der Waals surface area (Å²) < 4.78 is 5.29. The van der Waals surface area contributed by atoms with E-state index in [9.17, 15) is 9.59 Å². The zero-order valence-electron chi connectivity index (χ0n) is 21.6. The summed E-state index contributed by atoms with van der Waals surface area (Å²) in [5, 5.41) is 4.27. The second-order valence-electron chi connectivity index (χ2n) is 9.22. The van der Waals surface area contributed by atoms with Crippen molar-refractivity contribution in [3.8, 4) is 5.75 Å². The van der Waals surface area contributed by atoms with E-state index in [1.165, 1.54) is 0 Å². The molecule has 39 heavy (non-hydrogen) atoms. The van der Waals surface area contributed by atoms with E-state index in [2.05, 4.69) is 5.32 Å². The van der Waals surface area contributed by atoms with Crippen LogP contribution in [0.3, 0.4) is 0 Å². The normalized spacial score (nSPS) is 11.5. The Hall–Kier alpha value is -3.80. The van der Waals surface area contributed by atoms with E-state index in [1.807, 2.05) is 78.9 Å². The third kappa shape index (κ3) is 8.34. The van der Waals surface area contributed by atoms with Gasteiger partial charge in [-0.05, 0) is 58.7 Å². The van der Waals surface area contributed by atoms with E-state index in [4.69, 9.17) is 27.9 Å². The third-order valence-corrected chi connectivity index (χ3v) is 6.94. The highest BCUT2D eigenvalue weighted by atomic mass is 35.5. The van der Waals surface area contributed by atoms with E-state index in [0.29, 0.717) is 23.0 Å². The molecule has 0 spiro atoms. The second kappa shape index (κ2) is 13.8. The van der Waals surface area contributed by atoms with Crippen LogP contribution in [0.4, 0.5) is 0 Å². The molecule has 0 saturated heterocycles. The summed E-state index contributed by atoms with van der Waals surface area (Å²) in [4.78, 5) is 29.3. The number of hydrogen-bond acceptors (Lipinski definition) is 3. The zero-order valence-corrected chi connectivity index (χ0v) is 23.2. The molecule has 1 atom stereocenters. The highest BCUT2D eigenvalue weighted by molar-refractivity contribution is 6.30. The fourth-order valence-corrected chi connectivity index (χ4v) is 4.52. The van der Waals surface area contributed by atoms with Gasteiger partial charge in [-0.25, -0.2) is 0 Å². The van der Waals surface area contributed by atoms with Crippen LogP contribution in [0.5, 0.6) is 5.75 Å². The first kappa shape index (κ1) is 28.2. The minimum Gasteiger partial charge on any atom is -0.497 e. The predicted molar refractivity (Wildman–Crippen MR) is 156 cm³/mol. The van der Waals surface area contributed by atoms with Crippen molar-refractivity contribution in [2.45, 2.75) is 32.0 Å². The lowest BCUT2D eigenvalue weighted by Gasteiger charge is -2.32. The van der Waals surface area contributed by atoms with Crippen molar-refractivity contribution in [2.75, 3.05) is 7.11 Å². The molecule has 5 nitrogen and oxygen atoms in total. The van der Waals surface area contributed by atoms with Gasteiger partial charge in [0.25, 0.3) is 0 Å². The van der Waals surface area contributed by atoms with Crippen molar-refractivity contribution in [3.05, 3.63) is 135 Å². The van der Waals surface area contributed by atoms with E-state index >= 15 is 0 Å². The van der Waals surface area contributed by atoms with Gasteiger partial charge in [0.1, 0.15) is 11.8 Å². The minimum atomic E-state index is -0.735. The molecule has 1 N–H and O–H groups in total. The first-order valence-corrected chi connectivity index (χ1v) is 13.4. The Kier molecular flexibility index (Phi) is 10.0. The Morgan fingerprint density at radius 2 is 1.31 bits per heavy atom. The summed E-state index contributed by atoms with van der Waals surface area (Å²) >= 11 is 12.1. The molecule has 0 aliphatic heterocycles. The zero-order chi connectivity index (χ0) is 27.6. The van der Waals surface area contributed by atoms with Gasteiger partial charge in [0.05, 0.1) is 13.5 Å². The summed E-state index contributed by atoms with van der Waals surface area (Å²) in [5.41, 5.74) is 3.59. The van der Waals surface area contributed by atoms with Crippen LogP contribution >= 0.6 is 23.2 Å². The van der Waals surface area contributed by atoms with E-state index in [0.717, 1.165) is 28.0 Å². The molecule has 7 heteroatoms. The lowest BCUT2D eigenvalue weighted by Crippen LogP contribution is -2.50. The van der Waals surface area contributed by atoms with E-state index in [-0.39, 0.29) is 24.8 Å². The summed E-state index contributed by atoms with van der Waals surface area (Å²) in [6, 6.07) is 31.0. The van der Waals surface area contributed by atoms with E-state index < -0.39 is 6.04 Å². The van der Waals surface area contributed by atoms with Gasteiger partial charge >= 0.3 is 0 Å². The quantitative estimate of drug-likeness (QED) is 0.228. The minimum absolute atomic E-state index is 0.142. The van der Waals surface area contributed by atoms with Gasteiger partial charge in [0.15, 0.2) is 0 Å². The predicted octanol–water partition coefficient (Wildman–Crippen LogP) is 6.50. The molecular weight excluding hydrogens is 531 g/mol. The molecule has 200 valence electrons. The molecule has 0 aromatic heterocycles. The topological polar surface area (TPSA) is 58.6 Å². The molecule has 4 aromatic carbocycles. The Bertz CT molecular complexity index is 1360. The van der Waals surface area contributed by atoms with Gasteiger partial charge in [-0.3, -0.25) is 9.59 Å². The third-order valence-electron chi connectivity index (χ3n) is 6.43. The number of methoxy groups -OCH3 is 1. The molecule has 0 aliphatic rings. The Labute approximate surface area is 239 Å². The van der Waals surface area contributed by atoms with Gasteiger partial charge in [0.2, 0.25) is 11.8 Å². The molecule has 4 aromatic rings. The summed E-state index contributed by atoms with van der Waals surface area (Å²) in [6.07, 6.45) is 0.513. The van der Waals surface area contributed by atoms with Crippen molar-refractivity contribution < 1.29 is 14.3 Å². The molecule has 0 radical (unpaired) electrons. The van der Waals surface area contributed by atoms with Crippen LogP contribution in [0.15, 0.2) is 103 Å². The molecule has 0 bridgehead atoms. The first-order valence-electron chi connectivity index (χ1n) is 12.6. The number of nitrogens with one attached hydrogen (secondary N) is 1. The Morgan fingerprint density at radius 3 is 1.90 bits per heavy atom. The van der Waals surface area contributed by atoms with Crippen LogP contribution in [0.1, 0.15) is 22.3 Å². The number of halogens is 2. The van der Waals surface area contributed by atoms with Gasteiger partial charge < -0.3 is 15.0 Å². The van der Waals surface area contributed by atoms with Crippen LogP contribution in [-0.4, -0.2) is 29.9 Å². The van der Waals surface area contributed by atoms with Crippen LogP contribution < -0.4 is 10.1 Å². The smallest absolute Gasteiger partial charge is 0.243 e. The maximum absolute atomic E-state index is 13.8. The van der Waals surface area contributed by atoms with Gasteiger partial charge in [-0.2, -0.15) is 0 Å². The molecule has 0 saturated carbocycles. The fraction of sp³-hybridized carbons (Fsp3) is 0.188. The van der Waals surface area contributed by atoms with Gasteiger partial charge in [0, 0.05) is 29.6 Å². The largest absolute Gasteiger partial charge is 0.497 e. The number of amides is 2. The number of carbonyl (C=O) groups is 2. The molecule has 0 unspecified atom stereocenters. The van der Waals surface area contributed by atoms with E-state index in [1.54, 1.807) is 36.3 Å². The average Bonchev–Trinajstić information content (AvgIpc) is 2.96.